The van der Waals surface area contributed by atoms with Crippen LogP contribution in [0.5, 0.6) is 0 Å². The smallest absolute Gasteiger partial charge is 0.221 e. The Labute approximate surface area is 147 Å². The number of carbonyl (C=O) groups excluding carboxylic acids is 1. The maximum Gasteiger partial charge on any atom is 0.221 e. The van der Waals surface area contributed by atoms with Crippen molar-refractivity contribution in [3.05, 3.63) is 63.6 Å². The number of hydrogen-bond acceptors (Lipinski definition) is 2. The molecule has 2 aromatic rings. The van der Waals surface area contributed by atoms with Gasteiger partial charge in [-0.15, -0.1) is 0 Å². The fourth-order valence-corrected chi connectivity index (χ4v) is 2.50. The first-order chi connectivity index (χ1) is 11.1. The summed E-state index contributed by atoms with van der Waals surface area (Å²) in [6, 6.07) is 13.4. The Hall–Kier alpha value is -1.71. The van der Waals surface area contributed by atoms with E-state index in [1.165, 1.54) is 0 Å². The van der Waals surface area contributed by atoms with E-state index in [2.05, 4.69) is 10.6 Å². The molecule has 0 aromatic heterocycles. The lowest BCUT2D eigenvalue weighted by Gasteiger charge is -2.10. The molecule has 0 saturated heterocycles. The largest absolute Gasteiger partial charge is 0.384 e. The van der Waals surface area contributed by atoms with Crippen LogP contribution in [-0.4, -0.2) is 19.0 Å². The fourth-order valence-electron chi connectivity index (χ4n) is 2.20. The summed E-state index contributed by atoms with van der Waals surface area (Å²) in [6.07, 6.45) is 1.22. The number of hydrogen-bond donors (Lipinski definition) is 2. The average molecular weight is 351 g/mol. The molecule has 0 heterocycles. The van der Waals surface area contributed by atoms with Gasteiger partial charge < -0.3 is 10.6 Å². The highest BCUT2D eigenvalue weighted by Crippen LogP contribution is 2.22. The standard InChI is InChI=1S/C18H20Cl2N2O/c1-13-16(20)3-2-4-17(13)21-12-10-18(23)22-11-9-14-5-7-15(19)8-6-14/h2-8,21H,9-12H2,1H3,(H,22,23). The van der Waals surface area contributed by atoms with Gasteiger partial charge in [-0.05, 0) is 48.7 Å². The third kappa shape index (κ3) is 5.77. The summed E-state index contributed by atoms with van der Waals surface area (Å²) in [7, 11) is 0. The summed E-state index contributed by atoms with van der Waals surface area (Å²) >= 11 is 11.9. The van der Waals surface area contributed by atoms with E-state index >= 15 is 0 Å². The van der Waals surface area contributed by atoms with Crippen molar-refractivity contribution >= 4 is 34.8 Å². The Morgan fingerprint density at radius 3 is 2.52 bits per heavy atom. The van der Waals surface area contributed by atoms with Crippen LogP contribution in [0, 0.1) is 6.92 Å². The van der Waals surface area contributed by atoms with Gasteiger partial charge in [-0.1, -0.05) is 41.4 Å². The molecule has 0 radical (unpaired) electrons. The number of carbonyl (C=O) groups is 1. The lowest BCUT2D eigenvalue weighted by Crippen LogP contribution is -2.27. The number of nitrogens with one attached hydrogen (secondary N) is 2. The molecule has 0 fully saturated rings. The number of halogens is 2. The SMILES string of the molecule is Cc1c(Cl)cccc1NCCC(=O)NCCc1ccc(Cl)cc1. The number of anilines is 1. The molecule has 0 atom stereocenters. The maximum atomic E-state index is 11.8. The van der Waals surface area contributed by atoms with Gasteiger partial charge in [-0.3, -0.25) is 4.79 Å². The maximum absolute atomic E-state index is 11.8. The van der Waals surface area contributed by atoms with Crippen LogP contribution in [0.4, 0.5) is 5.69 Å². The van der Waals surface area contributed by atoms with Gasteiger partial charge in [0.15, 0.2) is 0 Å². The minimum Gasteiger partial charge on any atom is -0.384 e. The monoisotopic (exact) mass is 350 g/mol. The first kappa shape index (κ1) is 17.6. The second kappa shape index (κ2) is 8.80. The molecule has 0 aliphatic heterocycles. The highest BCUT2D eigenvalue weighted by atomic mass is 35.5. The van der Waals surface area contributed by atoms with Crippen LogP contribution in [0.15, 0.2) is 42.5 Å². The van der Waals surface area contributed by atoms with Crippen LogP contribution in [0.1, 0.15) is 17.5 Å². The lowest BCUT2D eigenvalue weighted by molar-refractivity contribution is -0.120. The van der Waals surface area contributed by atoms with E-state index in [4.69, 9.17) is 23.2 Å². The molecule has 122 valence electrons. The molecule has 0 aliphatic rings. The van der Waals surface area contributed by atoms with Gasteiger partial charge in [0.25, 0.3) is 0 Å². The Morgan fingerprint density at radius 2 is 1.78 bits per heavy atom. The fraction of sp³-hybridized carbons (Fsp3) is 0.278. The second-order valence-corrected chi connectivity index (χ2v) is 6.16. The molecule has 0 unspecified atom stereocenters. The molecule has 3 nitrogen and oxygen atoms in total. The third-order valence-corrected chi connectivity index (χ3v) is 4.25. The zero-order valence-corrected chi connectivity index (χ0v) is 14.5. The van der Waals surface area contributed by atoms with Gasteiger partial charge in [0, 0.05) is 35.2 Å². The Morgan fingerprint density at radius 1 is 1.04 bits per heavy atom. The quantitative estimate of drug-likeness (QED) is 0.773. The van der Waals surface area contributed by atoms with Crippen molar-refractivity contribution in [3.63, 3.8) is 0 Å². The molecule has 1 amide bonds. The van der Waals surface area contributed by atoms with Gasteiger partial charge >= 0.3 is 0 Å². The Kier molecular flexibility index (Phi) is 6.75. The van der Waals surface area contributed by atoms with Crippen LogP contribution in [-0.2, 0) is 11.2 Å². The predicted octanol–water partition coefficient (Wildman–Crippen LogP) is 4.46. The molecular weight excluding hydrogens is 331 g/mol. The highest BCUT2D eigenvalue weighted by molar-refractivity contribution is 6.31. The Balaban J connectivity index is 1.67. The first-order valence-electron chi connectivity index (χ1n) is 7.56. The van der Waals surface area contributed by atoms with Gasteiger partial charge in [-0.2, -0.15) is 0 Å². The van der Waals surface area contributed by atoms with E-state index in [1.807, 2.05) is 49.4 Å². The number of benzene rings is 2. The molecule has 23 heavy (non-hydrogen) atoms. The molecule has 2 aromatic carbocycles. The van der Waals surface area contributed by atoms with Crippen LogP contribution in [0.3, 0.4) is 0 Å². The zero-order valence-electron chi connectivity index (χ0n) is 13.0. The van der Waals surface area contributed by atoms with Gasteiger partial charge in [0.2, 0.25) is 5.91 Å². The summed E-state index contributed by atoms with van der Waals surface area (Å²) in [6.45, 7) is 3.15. The molecule has 2 N–H and O–H groups in total. The van der Waals surface area contributed by atoms with Crippen molar-refractivity contribution in [1.29, 1.82) is 0 Å². The second-order valence-electron chi connectivity index (χ2n) is 5.32. The van der Waals surface area contributed by atoms with Crippen LogP contribution in [0.2, 0.25) is 10.0 Å². The van der Waals surface area contributed by atoms with Crippen LogP contribution in [0.25, 0.3) is 0 Å². The molecule has 5 heteroatoms. The van der Waals surface area contributed by atoms with Gasteiger partial charge in [-0.25, -0.2) is 0 Å². The summed E-state index contributed by atoms with van der Waals surface area (Å²) in [5.41, 5.74) is 3.12. The Bertz CT molecular complexity index is 657. The van der Waals surface area contributed by atoms with Crippen molar-refractivity contribution in [2.24, 2.45) is 0 Å². The number of amides is 1. The summed E-state index contributed by atoms with van der Waals surface area (Å²) in [5, 5.41) is 7.61. The molecule has 0 saturated carbocycles. The third-order valence-electron chi connectivity index (χ3n) is 3.58. The molecule has 0 bridgehead atoms. The van der Waals surface area contributed by atoms with Crippen molar-refractivity contribution < 1.29 is 4.79 Å². The molecule has 2 rings (SSSR count). The normalized spacial score (nSPS) is 10.4. The van der Waals surface area contributed by atoms with Crippen molar-refractivity contribution in [1.82, 2.24) is 5.32 Å². The average Bonchev–Trinajstić information content (AvgIpc) is 2.53. The van der Waals surface area contributed by atoms with E-state index in [9.17, 15) is 4.79 Å². The van der Waals surface area contributed by atoms with E-state index in [1.54, 1.807) is 0 Å². The molecular formula is C18H20Cl2N2O. The zero-order chi connectivity index (χ0) is 16.7. The van der Waals surface area contributed by atoms with Crippen LogP contribution < -0.4 is 10.6 Å². The van der Waals surface area contributed by atoms with Crippen molar-refractivity contribution in [2.45, 2.75) is 19.8 Å². The van der Waals surface area contributed by atoms with E-state index in [-0.39, 0.29) is 5.91 Å². The lowest BCUT2D eigenvalue weighted by atomic mass is 10.1. The van der Waals surface area contributed by atoms with Gasteiger partial charge in [0.05, 0.1) is 0 Å². The minimum absolute atomic E-state index is 0.0335. The van der Waals surface area contributed by atoms with Gasteiger partial charge in [0.1, 0.15) is 0 Å². The number of rotatable bonds is 7. The minimum atomic E-state index is 0.0335. The van der Waals surface area contributed by atoms with E-state index < -0.39 is 0 Å². The van der Waals surface area contributed by atoms with Crippen molar-refractivity contribution in [3.8, 4) is 0 Å². The predicted molar refractivity (Wildman–Crippen MR) is 97.5 cm³/mol. The summed E-state index contributed by atoms with van der Waals surface area (Å²) in [5.74, 6) is 0.0335. The molecule has 0 spiro atoms. The van der Waals surface area contributed by atoms with E-state index in [0.717, 1.165) is 33.3 Å². The summed E-state index contributed by atoms with van der Waals surface area (Å²) < 4.78 is 0. The van der Waals surface area contributed by atoms with Crippen LogP contribution >= 0.6 is 23.2 Å². The highest BCUT2D eigenvalue weighted by Gasteiger charge is 2.04. The molecule has 0 aliphatic carbocycles. The first-order valence-corrected chi connectivity index (χ1v) is 8.32. The van der Waals surface area contributed by atoms with E-state index in [0.29, 0.717) is 19.5 Å². The topological polar surface area (TPSA) is 41.1 Å². The summed E-state index contributed by atoms with van der Waals surface area (Å²) in [4.78, 5) is 11.8. The van der Waals surface area contributed by atoms with Crippen molar-refractivity contribution in [2.75, 3.05) is 18.4 Å².